The summed E-state index contributed by atoms with van der Waals surface area (Å²) in [5.41, 5.74) is 0.604. The molecule has 1 aromatic heterocycles. The standard InChI is InChI=1S/C18H22N4O4.CH2O2/c1-11(23)21-8-12-7-13(9-21)17(22-14(12)3-2-4-16(22)25)18(26)20-6-5-19-15(24)10-20;2-1-3/h2-4,12-13,17H,5-10H2,1H3,(H,19,24);1H,(H,2,3)/t12-,13+,17-;/m1./s1. The molecule has 2 fully saturated rings. The molecule has 0 saturated carbocycles. The third-order valence-electron chi connectivity index (χ3n) is 5.70. The summed E-state index contributed by atoms with van der Waals surface area (Å²) >= 11 is 0. The third-order valence-corrected chi connectivity index (χ3v) is 5.70. The van der Waals surface area contributed by atoms with E-state index in [1.807, 2.05) is 6.07 Å². The van der Waals surface area contributed by atoms with E-state index in [-0.39, 0.29) is 48.1 Å². The Balaban J connectivity index is 0.000000755. The Labute approximate surface area is 167 Å². The fraction of sp³-hybridized carbons (Fsp3) is 0.526. The normalized spacial score (nSPS) is 25.1. The Bertz CT molecular complexity index is 882. The van der Waals surface area contributed by atoms with Crippen molar-refractivity contribution in [3.8, 4) is 0 Å². The van der Waals surface area contributed by atoms with E-state index in [1.54, 1.807) is 15.5 Å². The van der Waals surface area contributed by atoms with Crippen LogP contribution in [0.2, 0.25) is 0 Å². The van der Waals surface area contributed by atoms with Crippen molar-refractivity contribution >= 4 is 24.2 Å². The van der Waals surface area contributed by atoms with Crippen molar-refractivity contribution in [2.45, 2.75) is 25.3 Å². The molecule has 2 saturated heterocycles. The lowest BCUT2D eigenvalue weighted by atomic mass is 9.78. The molecular weight excluding hydrogens is 380 g/mol. The van der Waals surface area contributed by atoms with E-state index in [2.05, 4.69) is 5.32 Å². The van der Waals surface area contributed by atoms with Gasteiger partial charge in [-0.25, -0.2) is 0 Å². The zero-order valence-corrected chi connectivity index (χ0v) is 16.1. The molecule has 0 aliphatic carbocycles. The van der Waals surface area contributed by atoms with Crippen LogP contribution in [0.1, 0.15) is 31.0 Å². The second kappa shape index (κ2) is 8.46. The molecule has 2 bridgehead atoms. The number of carbonyl (C=O) groups is 4. The summed E-state index contributed by atoms with van der Waals surface area (Å²) in [4.78, 5) is 61.2. The van der Waals surface area contributed by atoms with Gasteiger partial charge in [0, 0.05) is 56.7 Å². The molecule has 3 aliphatic rings. The maximum Gasteiger partial charge on any atom is 0.290 e. The molecular formula is C19H24N4O6. The van der Waals surface area contributed by atoms with E-state index in [9.17, 15) is 19.2 Å². The maximum absolute atomic E-state index is 13.3. The predicted octanol–water partition coefficient (Wildman–Crippen LogP) is -0.986. The summed E-state index contributed by atoms with van der Waals surface area (Å²) in [5, 5.41) is 9.60. The van der Waals surface area contributed by atoms with Gasteiger partial charge in [0.25, 0.3) is 12.0 Å². The smallest absolute Gasteiger partial charge is 0.290 e. The number of amides is 3. The highest BCUT2D eigenvalue weighted by Crippen LogP contribution is 2.41. The number of likely N-dealkylation sites (tertiary alicyclic amines) is 1. The summed E-state index contributed by atoms with van der Waals surface area (Å²) in [6.07, 6.45) is 0.768. The highest BCUT2D eigenvalue weighted by Gasteiger charge is 2.45. The van der Waals surface area contributed by atoms with Crippen molar-refractivity contribution in [1.29, 1.82) is 0 Å². The Morgan fingerprint density at radius 3 is 2.59 bits per heavy atom. The Morgan fingerprint density at radius 1 is 1.21 bits per heavy atom. The van der Waals surface area contributed by atoms with Crippen LogP contribution < -0.4 is 10.9 Å². The van der Waals surface area contributed by atoms with Crippen LogP contribution in [0, 0.1) is 5.92 Å². The quantitative estimate of drug-likeness (QED) is 0.579. The molecule has 0 unspecified atom stereocenters. The lowest BCUT2D eigenvalue weighted by Crippen LogP contribution is -2.57. The van der Waals surface area contributed by atoms with Crippen molar-refractivity contribution < 1.29 is 24.3 Å². The van der Waals surface area contributed by atoms with E-state index in [0.717, 1.165) is 12.1 Å². The average molecular weight is 404 g/mol. The molecule has 0 radical (unpaired) electrons. The molecule has 0 spiro atoms. The molecule has 4 rings (SSSR count). The maximum atomic E-state index is 13.3. The summed E-state index contributed by atoms with van der Waals surface area (Å²) in [7, 11) is 0. The van der Waals surface area contributed by atoms with Gasteiger partial charge in [-0.1, -0.05) is 6.07 Å². The van der Waals surface area contributed by atoms with Gasteiger partial charge in [-0.15, -0.1) is 0 Å². The molecule has 2 N–H and O–H groups in total. The van der Waals surface area contributed by atoms with E-state index >= 15 is 0 Å². The number of carboxylic acid groups (broad SMARTS) is 1. The first-order chi connectivity index (χ1) is 13.9. The van der Waals surface area contributed by atoms with E-state index in [1.165, 1.54) is 17.9 Å². The lowest BCUT2D eigenvalue weighted by Gasteiger charge is -2.47. The Morgan fingerprint density at radius 2 is 1.93 bits per heavy atom. The van der Waals surface area contributed by atoms with Gasteiger partial charge < -0.3 is 20.2 Å². The van der Waals surface area contributed by atoms with Gasteiger partial charge >= 0.3 is 0 Å². The summed E-state index contributed by atoms with van der Waals surface area (Å²) in [6.45, 7) is 3.18. The number of piperazine rings is 1. The van der Waals surface area contributed by atoms with E-state index < -0.39 is 6.04 Å². The monoisotopic (exact) mass is 404 g/mol. The number of hydrogen-bond acceptors (Lipinski definition) is 5. The first-order valence-corrected chi connectivity index (χ1v) is 9.47. The molecule has 156 valence electrons. The Kier molecular flexibility index (Phi) is 6.00. The molecule has 1 aromatic rings. The topological polar surface area (TPSA) is 129 Å². The zero-order chi connectivity index (χ0) is 21.1. The van der Waals surface area contributed by atoms with Crippen LogP contribution in [-0.2, 0) is 19.2 Å². The van der Waals surface area contributed by atoms with E-state index in [0.29, 0.717) is 26.2 Å². The molecule has 4 heterocycles. The molecule has 29 heavy (non-hydrogen) atoms. The number of aromatic nitrogens is 1. The SMILES string of the molecule is CC(=O)N1C[C@H]2C[C@@H](C1)[C@H](C(=O)N1CCNC(=O)C1)n1c2cccc1=O.O=CO. The second-order valence-electron chi connectivity index (χ2n) is 7.44. The van der Waals surface area contributed by atoms with Crippen LogP contribution in [-0.4, -0.2) is 76.4 Å². The van der Waals surface area contributed by atoms with Gasteiger partial charge in [-0.2, -0.15) is 0 Å². The number of pyridine rings is 1. The van der Waals surface area contributed by atoms with Crippen molar-refractivity contribution in [2.24, 2.45) is 5.92 Å². The van der Waals surface area contributed by atoms with Gasteiger partial charge in [-0.3, -0.25) is 28.5 Å². The molecule has 3 atom stereocenters. The van der Waals surface area contributed by atoms with Gasteiger partial charge in [0.1, 0.15) is 6.04 Å². The fourth-order valence-electron chi connectivity index (χ4n) is 4.52. The number of hydrogen-bond donors (Lipinski definition) is 2. The predicted molar refractivity (Wildman–Crippen MR) is 101 cm³/mol. The number of rotatable bonds is 1. The van der Waals surface area contributed by atoms with Gasteiger partial charge in [-0.05, 0) is 12.5 Å². The number of nitrogens with zero attached hydrogens (tertiary/aromatic N) is 3. The van der Waals surface area contributed by atoms with Crippen LogP contribution in [0.3, 0.4) is 0 Å². The van der Waals surface area contributed by atoms with Crippen molar-refractivity contribution in [3.05, 3.63) is 34.2 Å². The lowest BCUT2D eigenvalue weighted by molar-refractivity contribution is -0.145. The highest BCUT2D eigenvalue weighted by molar-refractivity contribution is 5.88. The first-order valence-electron chi connectivity index (χ1n) is 9.47. The van der Waals surface area contributed by atoms with Gasteiger partial charge in [0.2, 0.25) is 17.7 Å². The zero-order valence-electron chi connectivity index (χ0n) is 16.1. The van der Waals surface area contributed by atoms with Crippen molar-refractivity contribution in [1.82, 2.24) is 19.7 Å². The number of piperidine rings is 1. The average Bonchev–Trinajstić information content (AvgIpc) is 2.69. The molecule has 0 aromatic carbocycles. The minimum absolute atomic E-state index is 0.0127. The molecule has 3 aliphatic heterocycles. The minimum Gasteiger partial charge on any atom is -0.483 e. The van der Waals surface area contributed by atoms with Crippen LogP contribution >= 0.6 is 0 Å². The molecule has 10 nitrogen and oxygen atoms in total. The van der Waals surface area contributed by atoms with Crippen LogP contribution in [0.15, 0.2) is 23.0 Å². The fourth-order valence-corrected chi connectivity index (χ4v) is 4.52. The molecule has 3 amide bonds. The van der Waals surface area contributed by atoms with Crippen molar-refractivity contribution in [3.63, 3.8) is 0 Å². The number of fused-ring (bicyclic) bond motifs is 4. The number of nitrogens with one attached hydrogen (secondary N) is 1. The Hall–Kier alpha value is -3.17. The van der Waals surface area contributed by atoms with Gasteiger partial charge in [0.05, 0.1) is 6.54 Å². The van der Waals surface area contributed by atoms with Crippen LogP contribution in [0.5, 0.6) is 0 Å². The third kappa shape index (κ3) is 4.01. The van der Waals surface area contributed by atoms with Crippen molar-refractivity contribution in [2.75, 3.05) is 32.7 Å². The molecule has 10 heteroatoms. The first kappa shape index (κ1) is 20.6. The minimum atomic E-state index is -0.664. The van der Waals surface area contributed by atoms with Crippen LogP contribution in [0.4, 0.5) is 0 Å². The summed E-state index contributed by atoms with van der Waals surface area (Å²) in [5.74, 6) is -0.478. The van der Waals surface area contributed by atoms with E-state index in [4.69, 9.17) is 9.90 Å². The van der Waals surface area contributed by atoms with Crippen LogP contribution in [0.25, 0.3) is 0 Å². The number of carbonyl (C=O) groups excluding carboxylic acids is 3. The summed E-state index contributed by atoms with van der Waals surface area (Å²) < 4.78 is 1.60. The largest absolute Gasteiger partial charge is 0.483 e. The van der Waals surface area contributed by atoms with Gasteiger partial charge in [0.15, 0.2) is 0 Å². The second-order valence-corrected chi connectivity index (χ2v) is 7.44. The highest BCUT2D eigenvalue weighted by atomic mass is 16.3. The summed E-state index contributed by atoms with van der Waals surface area (Å²) in [6, 6.07) is 4.38.